The molecule has 2 N–H and O–H groups in total. The zero-order valence-corrected chi connectivity index (χ0v) is 12.0. The molecule has 0 aliphatic rings. The minimum Gasteiger partial charge on any atom is -0.481 e. The number of amides is 1. The lowest BCUT2D eigenvalue weighted by Gasteiger charge is -2.14. The van der Waals surface area contributed by atoms with Crippen molar-refractivity contribution in [3.8, 4) is 0 Å². The van der Waals surface area contributed by atoms with Gasteiger partial charge in [-0.25, -0.2) is 0 Å². The van der Waals surface area contributed by atoms with Crippen LogP contribution in [-0.4, -0.2) is 23.5 Å². The smallest absolute Gasteiger partial charge is 0.303 e. The summed E-state index contributed by atoms with van der Waals surface area (Å²) in [6.07, 6.45) is 0.690. The molecule has 1 aromatic rings. The number of aliphatic carboxylic acids is 1. The van der Waals surface area contributed by atoms with E-state index in [1.165, 1.54) is 0 Å². The largest absolute Gasteiger partial charge is 0.481 e. The third kappa shape index (κ3) is 4.73. The van der Waals surface area contributed by atoms with Crippen LogP contribution < -0.4 is 5.32 Å². The number of halogens is 2. The lowest BCUT2D eigenvalue weighted by molar-refractivity contribution is -0.138. The number of nitrogens with one attached hydrogen (secondary N) is 1. The third-order valence-electron chi connectivity index (χ3n) is 2.78. The molecule has 0 radical (unpaired) electrons. The van der Waals surface area contributed by atoms with Gasteiger partial charge in [-0.1, -0.05) is 42.6 Å². The Morgan fingerprint density at radius 2 is 1.89 bits per heavy atom. The van der Waals surface area contributed by atoms with Crippen molar-refractivity contribution in [2.24, 2.45) is 5.92 Å². The van der Waals surface area contributed by atoms with Crippen molar-refractivity contribution in [2.45, 2.75) is 19.8 Å². The van der Waals surface area contributed by atoms with Gasteiger partial charge in [0.05, 0.1) is 15.6 Å². The van der Waals surface area contributed by atoms with Gasteiger partial charge >= 0.3 is 5.97 Å². The van der Waals surface area contributed by atoms with Gasteiger partial charge in [0.1, 0.15) is 0 Å². The van der Waals surface area contributed by atoms with Gasteiger partial charge in [0.25, 0.3) is 5.91 Å². The zero-order valence-electron chi connectivity index (χ0n) is 10.5. The Balaban J connectivity index is 2.67. The fraction of sp³-hybridized carbons (Fsp3) is 0.385. The molecular weight excluding hydrogens is 289 g/mol. The zero-order chi connectivity index (χ0) is 14.4. The average molecular weight is 304 g/mol. The Morgan fingerprint density at radius 1 is 1.32 bits per heavy atom. The summed E-state index contributed by atoms with van der Waals surface area (Å²) in [4.78, 5) is 22.6. The second-order valence-electron chi connectivity index (χ2n) is 4.18. The monoisotopic (exact) mass is 303 g/mol. The van der Waals surface area contributed by atoms with Gasteiger partial charge in [0.15, 0.2) is 0 Å². The van der Waals surface area contributed by atoms with Crippen LogP contribution in [0.2, 0.25) is 10.0 Å². The maximum Gasteiger partial charge on any atom is 0.303 e. The van der Waals surface area contributed by atoms with Crippen molar-refractivity contribution in [1.82, 2.24) is 5.32 Å². The number of carboxylic acids is 1. The second-order valence-corrected chi connectivity index (χ2v) is 4.99. The Bertz CT molecular complexity index is 457. The predicted molar refractivity (Wildman–Crippen MR) is 74.8 cm³/mol. The SMILES string of the molecule is CCC(CNC(=O)c1c(Cl)cccc1Cl)CC(=O)O. The summed E-state index contributed by atoms with van der Waals surface area (Å²) in [6.45, 7) is 2.16. The molecule has 104 valence electrons. The van der Waals surface area contributed by atoms with E-state index in [1.54, 1.807) is 18.2 Å². The molecule has 0 aromatic heterocycles. The summed E-state index contributed by atoms with van der Waals surface area (Å²) in [6, 6.07) is 4.81. The molecule has 1 atom stereocenters. The van der Waals surface area contributed by atoms with Crippen LogP contribution in [-0.2, 0) is 4.79 Å². The van der Waals surface area contributed by atoms with Crippen LogP contribution in [0.15, 0.2) is 18.2 Å². The minimum absolute atomic E-state index is 0.0209. The molecule has 1 unspecified atom stereocenters. The number of carbonyl (C=O) groups is 2. The average Bonchev–Trinajstić information content (AvgIpc) is 2.33. The molecule has 0 aliphatic carbocycles. The van der Waals surface area contributed by atoms with Crippen LogP contribution >= 0.6 is 23.2 Å². The molecule has 0 saturated heterocycles. The first-order valence-electron chi connectivity index (χ1n) is 5.89. The van der Waals surface area contributed by atoms with Crippen LogP contribution in [0.5, 0.6) is 0 Å². The van der Waals surface area contributed by atoms with Crippen LogP contribution in [0.25, 0.3) is 0 Å². The molecule has 1 aromatic carbocycles. The molecule has 4 nitrogen and oxygen atoms in total. The van der Waals surface area contributed by atoms with Crippen LogP contribution in [0.3, 0.4) is 0 Å². The molecule has 0 heterocycles. The lowest BCUT2D eigenvalue weighted by atomic mass is 10.0. The van der Waals surface area contributed by atoms with E-state index < -0.39 is 5.97 Å². The van der Waals surface area contributed by atoms with E-state index >= 15 is 0 Å². The van der Waals surface area contributed by atoms with Gasteiger partial charge in [-0.05, 0) is 18.1 Å². The molecule has 0 saturated carbocycles. The molecule has 0 fully saturated rings. The standard InChI is InChI=1S/C13H15Cl2NO3/c1-2-8(6-11(17)18)7-16-13(19)12-9(14)4-3-5-10(12)15/h3-5,8H,2,6-7H2,1H3,(H,16,19)(H,17,18). The van der Waals surface area contributed by atoms with Crippen molar-refractivity contribution >= 4 is 35.1 Å². The molecule has 1 amide bonds. The summed E-state index contributed by atoms with van der Waals surface area (Å²) in [5.41, 5.74) is 0.219. The highest BCUT2D eigenvalue weighted by atomic mass is 35.5. The fourth-order valence-electron chi connectivity index (χ4n) is 1.65. The van der Waals surface area contributed by atoms with Gasteiger partial charge in [0.2, 0.25) is 0 Å². The van der Waals surface area contributed by atoms with Gasteiger partial charge in [-0.15, -0.1) is 0 Å². The van der Waals surface area contributed by atoms with Gasteiger partial charge in [0, 0.05) is 13.0 Å². The van der Waals surface area contributed by atoms with Gasteiger partial charge in [-0.3, -0.25) is 9.59 Å². The van der Waals surface area contributed by atoms with Crippen molar-refractivity contribution in [3.05, 3.63) is 33.8 Å². The quantitative estimate of drug-likeness (QED) is 0.848. The lowest BCUT2D eigenvalue weighted by Crippen LogP contribution is -2.30. The van der Waals surface area contributed by atoms with Crippen LogP contribution in [0.4, 0.5) is 0 Å². The first-order chi connectivity index (χ1) is 8.95. The molecule has 6 heteroatoms. The Kier molecular flexibility index (Phi) is 6.12. The highest BCUT2D eigenvalue weighted by Crippen LogP contribution is 2.24. The minimum atomic E-state index is -0.878. The number of benzene rings is 1. The second kappa shape index (κ2) is 7.36. The van der Waals surface area contributed by atoms with E-state index in [9.17, 15) is 9.59 Å². The molecule has 0 aliphatic heterocycles. The maximum absolute atomic E-state index is 12.0. The summed E-state index contributed by atoms with van der Waals surface area (Å²) in [5.74, 6) is -1.38. The Labute approximate surface area is 121 Å². The topological polar surface area (TPSA) is 66.4 Å². The van der Waals surface area contributed by atoms with E-state index in [0.29, 0.717) is 6.42 Å². The summed E-state index contributed by atoms with van der Waals surface area (Å²) in [7, 11) is 0. The van der Waals surface area contributed by atoms with Crippen molar-refractivity contribution in [3.63, 3.8) is 0 Å². The Hall–Kier alpha value is -1.26. The van der Waals surface area contributed by atoms with Crippen molar-refractivity contribution in [2.75, 3.05) is 6.54 Å². The van der Waals surface area contributed by atoms with Gasteiger partial charge in [-0.2, -0.15) is 0 Å². The van der Waals surface area contributed by atoms with Crippen LogP contribution in [0.1, 0.15) is 30.1 Å². The predicted octanol–water partition coefficient (Wildman–Crippen LogP) is 3.22. The maximum atomic E-state index is 12.0. The number of carbonyl (C=O) groups excluding carboxylic acids is 1. The third-order valence-corrected chi connectivity index (χ3v) is 3.41. The number of hydrogen-bond acceptors (Lipinski definition) is 2. The van der Waals surface area contributed by atoms with E-state index in [2.05, 4.69) is 5.32 Å². The molecule has 19 heavy (non-hydrogen) atoms. The Morgan fingerprint density at radius 3 is 2.37 bits per heavy atom. The molecule has 0 bridgehead atoms. The number of hydrogen-bond donors (Lipinski definition) is 2. The highest BCUT2D eigenvalue weighted by Gasteiger charge is 2.17. The van der Waals surface area contributed by atoms with Crippen LogP contribution in [0, 0.1) is 5.92 Å². The van der Waals surface area contributed by atoms with E-state index in [4.69, 9.17) is 28.3 Å². The molecule has 1 rings (SSSR count). The molecular formula is C13H15Cl2NO3. The van der Waals surface area contributed by atoms with Crippen molar-refractivity contribution < 1.29 is 14.7 Å². The number of rotatable bonds is 6. The number of carboxylic acid groups (broad SMARTS) is 1. The highest BCUT2D eigenvalue weighted by molar-refractivity contribution is 6.39. The summed E-state index contributed by atoms with van der Waals surface area (Å²) in [5, 5.41) is 11.9. The summed E-state index contributed by atoms with van der Waals surface area (Å²) >= 11 is 11.8. The van der Waals surface area contributed by atoms with Crippen molar-refractivity contribution in [1.29, 1.82) is 0 Å². The first kappa shape index (κ1) is 15.8. The first-order valence-corrected chi connectivity index (χ1v) is 6.65. The van der Waals surface area contributed by atoms with E-state index in [-0.39, 0.29) is 40.4 Å². The summed E-state index contributed by atoms with van der Waals surface area (Å²) < 4.78 is 0. The molecule has 0 spiro atoms. The van der Waals surface area contributed by atoms with E-state index in [1.807, 2.05) is 6.92 Å². The fourth-order valence-corrected chi connectivity index (χ4v) is 2.22. The normalized spacial score (nSPS) is 11.9. The van der Waals surface area contributed by atoms with E-state index in [0.717, 1.165) is 0 Å². The van der Waals surface area contributed by atoms with Gasteiger partial charge < -0.3 is 10.4 Å².